The molecule has 1 amide bonds. The number of amides is 1. The van der Waals surface area contributed by atoms with Crippen LogP contribution >= 0.6 is 0 Å². The van der Waals surface area contributed by atoms with Crippen LogP contribution in [0.25, 0.3) is 0 Å². The van der Waals surface area contributed by atoms with Gasteiger partial charge in [0.1, 0.15) is 10.7 Å². The molecule has 0 atom stereocenters. The van der Waals surface area contributed by atoms with E-state index in [1.54, 1.807) is 0 Å². The molecule has 2 aromatic rings. The lowest BCUT2D eigenvalue weighted by molar-refractivity contribution is 0.102. The third-order valence-electron chi connectivity index (χ3n) is 5.73. The minimum atomic E-state index is -3.95. The van der Waals surface area contributed by atoms with E-state index in [-0.39, 0.29) is 5.56 Å². The van der Waals surface area contributed by atoms with Gasteiger partial charge in [0.15, 0.2) is 0 Å². The number of hydrogen-bond donors (Lipinski definition) is 1. The third-order valence-corrected chi connectivity index (χ3v) is 7.65. The lowest BCUT2D eigenvalue weighted by atomic mass is 10.1. The SMILES string of the molecule is O=C(Nc1ccccc1CN1CCCC1)c1ccc(F)c(S(=O)(=O)N2CCCC2)c1. The van der Waals surface area contributed by atoms with Gasteiger partial charge in [0.25, 0.3) is 5.91 Å². The van der Waals surface area contributed by atoms with Gasteiger partial charge in [0.2, 0.25) is 10.0 Å². The topological polar surface area (TPSA) is 69.7 Å². The number of anilines is 1. The first-order valence-electron chi connectivity index (χ1n) is 10.4. The normalized spacial score (nSPS) is 18.0. The predicted octanol–water partition coefficient (Wildman–Crippen LogP) is 3.46. The zero-order valence-electron chi connectivity index (χ0n) is 16.8. The summed E-state index contributed by atoms with van der Waals surface area (Å²) < 4.78 is 41.2. The number of nitrogens with one attached hydrogen (secondary N) is 1. The molecule has 0 spiro atoms. The van der Waals surface area contributed by atoms with Crippen LogP contribution in [0.15, 0.2) is 47.4 Å². The number of benzene rings is 2. The number of para-hydroxylation sites is 1. The fraction of sp³-hybridized carbons (Fsp3) is 0.409. The minimum absolute atomic E-state index is 0.116. The van der Waals surface area contributed by atoms with Crippen molar-refractivity contribution >= 4 is 21.6 Å². The Kier molecular flexibility index (Phi) is 6.17. The van der Waals surface area contributed by atoms with Gasteiger partial charge in [-0.3, -0.25) is 9.69 Å². The number of nitrogens with zero attached hydrogens (tertiary/aromatic N) is 2. The molecule has 6 nitrogen and oxygen atoms in total. The fourth-order valence-corrected chi connectivity index (χ4v) is 5.67. The number of hydrogen-bond acceptors (Lipinski definition) is 4. The fourth-order valence-electron chi connectivity index (χ4n) is 4.07. The highest BCUT2D eigenvalue weighted by Gasteiger charge is 2.30. The highest BCUT2D eigenvalue weighted by atomic mass is 32.2. The van der Waals surface area contributed by atoms with Crippen LogP contribution < -0.4 is 5.32 Å². The Hall–Kier alpha value is -2.29. The van der Waals surface area contributed by atoms with Gasteiger partial charge >= 0.3 is 0 Å². The van der Waals surface area contributed by atoms with Crippen molar-refractivity contribution in [2.24, 2.45) is 0 Å². The number of likely N-dealkylation sites (tertiary alicyclic amines) is 1. The Balaban J connectivity index is 1.56. The van der Waals surface area contributed by atoms with Crippen LogP contribution in [-0.2, 0) is 16.6 Å². The first-order chi connectivity index (χ1) is 14.4. The highest BCUT2D eigenvalue weighted by Crippen LogP contribution is 2.25. The van der Waals surface area contributed by atoms with Crippen molar-refractivity contribution in [1.82, 2.24) is 9.21 Å². The summed E-state index contributed by atoms with van der Waals surface area (Å²) >= 11 is 0. The molecule has 30 heavy (non-hydrogen) atoms. The van der Waals surface area contributed by atoms with Crippen LogP contribution in [0.2, 0.25) is 0 Å². The van der Waals surface area contributed by atoms with Crippen molar-refractivity contribution in [2.45, 2.75) is 37.1 Å². The predicted molar refractivity (Wildman–Crippen MR) is 113 cm³/mol. The molecule has 2 saturated heterocycles. The molecular formula is C22H26FN3O3S. The third kappa shape index (κ3) is 4.40. The van der Waals surface area contributed by atoms with Crippen LogP contribution in [0.5, 0.6) is 0 Å². The summed E-state index contributed by atoms with van der Waals surface area (Å²) in [5.41, 5.74) is 1.80. The Morgan fingerprint density at radius 1 is 0.967 bits per heavy atom. The summed E-state index contributed by atoms with van der Waals surface area (Å²) in [6, 6.07) is 11.1. The van der Waals surface area contributed by atoms with E-state index in [1.165, 1.54) is 23.2 Å². The van der Waals surface area contributed by atoms with E-state index in [9.17, 15) is 17.6 Å². The summed E-state index contributed by atoms with van der Waals surface area (Å²) in [6.07, 6.45) is 3.88. The maximum absolute atomic E-state index is 14.4. The highest BCUT2D eigenvalue weighted by molar-refractivity contribution is 7.89. The molecule has 0 saturated carbocycles. The summed E-state index contributed by atoms with van der Waals surface area (Å²) in [4.78, 5) is 14.8. The Morgan fingerprint density at radius 3 is 2.37 bits per heavy atom. The molecule has 0 radical (unpaired) electrons. The zero-order valence-corrected chi connectivity index (χ0v) is 17.6. The van der Waals surface area contributed by atoms with Crippen molar-refractivity contribution < 1.29 is 17.6 Å². The van der Waals surface area contributed by atoms with Gasteiger partial charge < -0.3 is 5.32 Å². The molecule has 2 fully saturated rings. The van der Waals surface area contributed by atoms with Gasteiger partial charge in [-0.15, -0.1) is 0 Å². The number of carbonyl (C=O) groups is 1. The monoisotopic (exact) mass is 431 g/mol. The number of carbonyl (C=O) groups excluding carboxylic acids is 1. The standard InChI is InChI=1S/C22H26FN3O3S/c23-19-10-9-17(15-21(19)30(28,29)26-13-5-6-14-26)22(27)24-20-8-2-1-7-18(20)16-25-11-3-4-12-25/h1-2,7-10,15H,3-6,11-14,16H2,(H,24,27). The molecule has 8 heteroatoms. The summed E-state index contributed by atoms with van der Waals surface area (Å²) in [5.74, 6) is -1.30. The molecular weight excluding hydrogens is 405 g/mol. The van der Waals surface area contributed by atoms with Crippen molar-refractivity contribution in [1.29, 1.82) is 0 Å². The molecule has 1 N–H and O–H groups in total. The first-order valence-corrected chi connectivity index (χ1v) is 11.8. The van der Waals surface area contributed by atoms with Gasteiger partial charge in [-0.1, -0.05) is 18.2 Å². The first kappa shape index (κ1) is 21.0. The second kappa shape index (κ2) is 8.83. The molecule has 0 aliphatic carbocycles. The quantitative estimate of drug-likeness (QED) is 0.761. The molecule has 2 aliphatic rings. The summed E-state index contributed by atoms with van der Waals surface area (Å²) in [7, 11) is -3.95. The second-order valence-corrected chi connectivity index (χ2v) is 9.76. The Bertz CT molecular complexity index is 1030. The summed E-state index contributed by atoms with van der Waals surface area (Å²) in [6.45, 7) is 3.58. The maximum atomic E-state index is 14.4. The number of halogens is 1. The van der Waals surface area contributed by atoms with E-state index in [1.807, 2.05) is 24.3 Å². The molecule has 0 aromatic heterocycles. The Morgan fingerprint density at radius 2 is 1.63 bits per heavy atom. The summed E-state index contributed by atoms with van der Waals surface area (Å²) in [5, 5.41) is 2.87. The maximum Gasteiger partial charge on any atom is 0.255 e. The average molecular weight is 432 g/mol. The Labute approximate surface area is 176 Å². The molecule has 2 aliphatic heterocycles. The van der Waals surface area contributed by atoms with E-state index in [0.717, 1.165) is 50.2 Å². The van der Waals surface area contributed by atoms with Crippen LogP contribution in [0, 0.1) is 5.82 Å². The average Bonchev–Trinajstić information content (AvgIpc) is 3.44. The van der Waals surface area contributed by atoms with E-state index < -0.39 is 26.6 Å². The lowest BCUT2D eigenvalue weighted by Gasteiger charge is -2.18. The van der Waals surface area contributed by atoms with Gasteiger partial charge in [-0.05, 0) is 68.6 Å². The van der Waals surface area contributed by atoms with Gasteiger partial charge in [0, 0.05) is 30.9 Å². The minimum Gasteiger partial charge on any atom is -0.322 e. The molecule has 4 rings (SSSR count). The smallest absolute Gasteiger partial charge is 0.255 e. The van der Waals surface area contributed by atoms with Crippen LogP contribution in [0.3, 0.4) is 0 Å². The van der Waals surface area contributed by atoms with E-state index >= 15 is 0 Å². The van der Waals surface area contributed by atoms with Crippen molar-refractivity contribution in [2.75, 3.05) is 31.5 Å². The molecule has 160 valence electrons. The van der Waals surface area contributed by atoms with E-state index in [0.29, 0.717) is 18.8 Å². The second-order valence-electron chi connectivity index (χ2n) is 7.85. The van der Waals surface area contributed by atoms with Crippen molar-refractivity contribution in [3.63, 3.8) is 0 Å². The van der Waals surface area contributed by atoms with Crippen molar-refractivity contribution in [3.8, 4) is 0 Å². The van der Waals surface area contributed by atoms with E-state index in [4.69, 9.17) is 0 Å². The van der Waals surface area contributed by atoms with Gasteiger partial charge in [-0.2, -0.15) is 4.31 Å². The molecule has 0 unspecified atom stereocenters. The van der Waals surface area contributed by atoms with Gasteiger partial charge in [0.05, 0.1) is 0 Å². The zero-order chi connectivity index (χ0) is 21.1. The largest absolute Gasteiger partial charge is 0.322 e. The lowest BCUT2D eigenvalue weighted by Crippen LogP contribution is -2.29. The van der Waals surface area contributed by atoms with Crippen LogP contribution in [0.4, 0.5) is 10.1 Å². The molecule has 2 aromatic carbocycles. The molecule has 2 heterocycles. The number of rotatable bonds is 6. The molecule has 0 bridgehead atoms. The van der Waals surface area contributed by atoms with Crippen LogP contribution in [-0.4, -0.2) is 49.7 Å². The van der Waals surface area contributed by atoms with Crippen LogP contribution in [0.1, 0.15) is 41.6 Å². The van der Waals surface area contributed by atoms with Crippen molar-refractivity contribution in [3.05, 3.63) is 59.4 Å². The van der Waals surface area contributed by atoms with E-state index in [2.05, 4.69) is 10.2 Å². The number of sulfonamides is 1. The van der Waals surface area contributed by atoms with Gasteiger partial charge in [-0.25, -0.2) is 12.8 Å².